The van der Waals surface area contributed by atoms with Gasteiger partial charge >= 0.3 is 5.97 Å². The summed E-state index contributed by atoms with van der Waals surface area (Å²) in [7, 11) is 0. The molecule has 0 amide bonds. The molecule has 1 aliphatic rings. The van der Waals surface area contributed by atoms with Crippen molar-refractivity contribution in [2.45, 2.75) is 46.2 Å². The molecule has 0 atom stereocenters. The van der Waals surface area contributed by atoms with Crippen molar-refractivity contribution in [1.82, 2.24) is 14.5 Å². The maximum Gasteiger partial charge on any atom is 0.309 e. The number of nitrogens with zero attached hydrogens (tertiary/aromatic N) is 3. The maximum absolute atomic E-state index is 11.0. The van der Waals surface area contributed by atoms with Crippen LogP contribution in [0.15, 0.2) is 12.4 Å². The molecule has 106 valence electrons. The zero-order chi connectivity index (χ0) is 13.9. The van der Waals surface area contributed by atoms with E-state index >= 15 is 0 Å². The minimum atomic E-state index is -0.701. The van der Waals surface area contributed by atoms with Crippen LogP contribution in [0.3, 0.4) is 0 Å². The minimum Gasteiger partial charge on any atom is -0.481 e. The van der Waals surface area contributed by atoms with Gasteiger partial charge in [-0.2, -0.15) is 0 Å². The third-order valence-electron chi connectivity index (χ3n) is 3.93. The second kappa shape index (κ2) is 5.74. The summed E-state index contributed by atoms with van der Waals surface area (Å²) in [5.74, 6) is 0.435. The van der Waals surface area contributed by atoms with E-state index in [0.29, 0.717) is 0 Å². The number of aliphatic carboxylic acids is 1. The number of rotatable bonds is 6. The number of imidazole rings is 1. The molecule has 2 heterocycles. The summed E-state index contributed by atoms with van der Waals surface area (Å²) >= 11 is 0. The van der Waals surface area contributed by atoms with Crippen LogP contribution >= 0.6 is 0 Å². The first-order valence-electron chi connectivity index (χ1n) is 6.95. The molecule has 0 saturated heterocycles. The lowest BCUT2D eigenvalue weighted by Crippen LogP contribution is -2.34. The molecule has 0 aliphatic carbocycles. The van der Waals surface area contributed by atoms with Crippen LogP contribution in [0.2, 0.25) is 0 Å². The first-order chi connectivity index (χ1) is 8.99. The standard InChI is InChI=1S/C14H23N3O2/c1-14(2,13(18)19)5-3-4-7-16-9-10-17-8-6-15-12(17)11-16/h6,8H,3-5,7,9-11H2,1-2H3,(H,18,19). The van der Waals surface area contributed by atoms with Gasteiger partial charge in [0.2, 0.25) is 0 Å². The van der Waals surface area contributed by atoms with Gasteiger partial charge in [0.1, 0.15) is 5.82 Å². The summed E-state index contributed by atoms with van der Waals surface area (Å²) in [5.41, 5.74) is -0.599. The molecule has 1 N–H and O–H groups in total. The molecule has 0 aromatic carbocycles. The highest BCUT2D eigenvalue weighted by atomic mass is 16.4. The van der Waals surface area contributed by atoms with E-state index in [2.05, 4.69) is 14.5 Å². The van der Waals surface area contributed by atoms with E-state index in [0.717, 1.165) is 51.3 Å². The van der Waals surface area contributed by atoms with Crippen molar-refractivity contribution in [1.29, 1.82) is 0 Å². The molecule has 0 radical (unpaired) electrons. The maximum atomic E-state index is 11.0. The van der Waals surface area contributed by atoms with Crippen LogP contribution in [0.5, 0.6) is 0 Å². The van der Waals surface area contributed by atoms with Crippen LogP contribution in [0.1, 0.15) is 38.9 Å². The second-order valence-electron chi connectivity index (χ2n) is 5.96. The second-order valence-corrected chi connectivity index (χ2v) is 5.96. The van der Waals surface area contributed by atoms with Crippen LogP contribution in [0, 0.1) is 5.41 Å². The Morgan fingerprint density at radius 3 is 2.95 bits per heavy atom. The van der Waals surface area contributed by atoms with Crippen molar-refractivity contribution in [2.75, 3.05) is 13.1 Å². The van der Waals surface area contributed by atoms with Crippen molar-refractivity contribution in [3.05, 3.63) is 18.2 Å². The number of carbonyl (C=O) groups is 1. The summed E-state index contributed by atoms with van der Waals surface area (Å²) in [4.78, 5) is 17.7. The molecule has 1 aromatic heterocycles. The predicted molar refractivity (Wildman–Crippen MR) is 72.8 cm³/mol. The van der Waals surface area contributed by atoms with Gasteiger partial charge in [0.25, 0.3) is 0 Å². The molecule has 19 heavy (non-hydrogen) atoms. The lowest BCUT2D eigenvalue weighted by Gasteiger charge is -2.27. The van der Waals surface area contributed by atoms with E-state index in [1.165, 1.54) is 0 Å². The topological polar surface area (TPSA) is 58.4 Å². The molecule has 1 aliphatic heterocycles. The van der Waals surface area contributed by atoms with E-state index < -0.39 is 11.4 Å². The summed E-state index contributed by atoms with van der Waals surface area (Å²) in [5, 5.41) is 9.05. The largest absolute Gasteiger partial charge is 0.481 e. The van der Waals surface area contributed by atoms with Crippen LogP contribution in [-0.2, 0) is 17.9 Å². The Labute approximate surface area is 114 Å². The van der Waals surface area contributed by atoms with Crippen molar-refractivity contribution in [2.24, 2.45) is 5.41 Å². The highest BCUT2D eigenvalue weighted by molar-refractivity contribution is 5.73. The normalized spacial score (nSPS) is 16.3. The van der Waals surface area contributed by atoms with E-state index in [1.807, 2.05) is 12.4 Å². The van der Waals surface area contributed by atoms with Gasteiger partial charge in [0.05, 0.1) is 12.0 Å². The first-order valence-corrected chi connectivity index (χ1v) is 6.95. The average Bonchev–Trinajstić information content (AvgIpc) is 2.81. The van der Waals surface area contributed by atoms with Gasteiger partial charge in [-0.15, -0.1) is 0 Å². The van der Waals surface area contributed by atoms with Crippen molar-refractivity contribution in [3.8, 4) is 0 Å². The molecule has 0 saturated carbocycles. The lowest BCUT2D eigenvalue weighted by molar-refractivity contribution is -0.147. The molecule has 0 unspecified atom stereocenters. The van der Waals surface area contributed by atoms with Crippen LogP contribution in [0.4, 0.5) is 0 Å². The Bertz CT molecular complexity index is 440. The highest BCUT2D eigenvalue weighted by Crippen LogP contribution is 2.23. The number of carboxylic acids is 1. The summed E-state index contributed by atoms with van der Waals surface area (Å²) in [6, 6.07) is 0. The van der Waals surface area contributed by atoms with Crippen LogP contribution in [-0.4, -0.2) is 38.6 Å². The van der Waals surface area contributed by atoms with Crippen molar-refractivity contribution >= 4 is 5.97 Å². The fraction of sp³-hybridized carbons (Fsp3) is 0.714. The summed E-state index contributed by atoms with van der Waals surface area (Å²) < 4.78 is 2.20. The number of carboxylic acid groups (broad SMARTS) is 1. The number of fused-ring (bicyclic) bond motifs is 1. The first kappa shape index (κ1) is 14.1. The predicted octanol–water partition coefficient (Wildman–Crippen LogP) is 1.98. The Morgan fingerprint density at radius 2 is 2.21 bits per heavy atom. The Morgan fingerprint density at radius 1 is 1.42 bits per heavy atom. The SMILES string of the molecule is CC(C)(CCCCN1CCn2ccnc2C1)C(=O)O. The molecule has 5 nitrogen and oxygen atoms in total. The average molecular weight is 265 g/mol. The van der Waals surface area contributed by atoms with Crippen LogP contribution in [0.25, 0.3) is 0 Å². The Kier molecular flexibility index (Phi) is 4.24. The fourth-order valence-electron chi connectivity index (χ4n) is 2.42. The highest BCUT2D eigenvalue weighted by Gasteiger charge is 2.26. The van der Waals surface area contributed by atoms with E-state index in [1.54, 1.807) is 13.8 Å². The lowest BCUT2D eigenvalue weighted by atomic mass is 9.87. The van der Waals surface area contributed by atoms with Gasteiger partial charge in [-0.25, -0.2) is 4.98 Å². The van der Waals surface area contributed by atoms with E-state index in [9.17, 15) is 4.79 Å². The van der Waals surface area contributed by atoms with Gasteiger partial charge in [-0.3, -0.25) is 9.69 Å². The fourth-order valence-corrected chi connectivity index (χ4v) is 2.42. The Balaban J connectivity index is 1.69. The van der Waals surface area contributed by atoms with Gasteiger partial charge in [0, 0.05) is 25.5 Å². The third kappa shape index (κ3) is 3.56. The molecule has 2 rings (SSSR count). The summed E-state index contributed by atoms with van der Waals surface area (Å²) in [6.45, 7) is 7.61. The number of unbranched alkanes of at least 4 members (excludes halogenated alkanes) is 1. The molecular weight excluding hydrogens is 242 g/mol. The van der Waals surface area contributed by atoms with Crippen LogP contribution < -0.4 is 0 Å². The van der Waals surface area contributed by atoms with Gasteiger partial charge < -0.3 is 9.67 Å². The van der Waals surface area contributed by atoms with Crippen molar-refractivity contribution < 1.29 is 9.90 Å². The number of aromatic nitrogens is 2. The molecule has 1 aromatic rings. The van der Waals surface area contributed by atoms with E-state index in [4.69, 9.17) is 5.11 Å². The third-order valence-corrected chi connectivity index (χ3v) is 3.93. The number of hydrogen-bond acceptors (Lipinski definition) is 3. The van der Waals surface area contributed by atoms with E-state index in [-0.39, 0.29) is 0 Å². The molecule has 0 bridgehead atoms. The van der Waals surface area contributed by atoms with Gasteiger partial charge in [-0.1, -0.05) is 6.42 Å². The molecular formula is C14H23N3O2. The van der Waals surface area contributed by atoms with Gasteiger partial charge in [0.15, 0.2) is 0 Å². The smallest absolute Gasteiger partial charge is 0.309 e. The molecule has 5 heteroatoms. The quantitative estimate of drug-likeness (QED) is 0.799. The summed E-state index contributed by atoms with van der Waals surface area (Å²) in [6.07, 6.45) is 6.64. The van der Waals surface area contributed by atoms with Crippen molar-refractivity contribution in [3.63, 3.8) is 0 Å². The minimum absolute atomic E-state index is 0.599. The Hall–Kier alpha value is -1.36. The number of hydrogen-bond donors (Lipinski definition) is 1. The zero-order valence-electron chi connectivity index (χ0n) is 11.8. The molecule has 0 spiro atoms. The zero-order valence-corrected chi connectivity index (χ0v) is 11.8. The van der Waals surface area contributed by atoms with Gasteiger partial charge in [-0.05, 0) is 33.2 Å². The monoisotopic (exact) mass is 265 g/mol. The molecule has 0 fully saturated rings.